The van der Waals surface area contributed by atoms with Crippen molar-refractivity contribution in [2.24, 2.45) is 0 Å². The second-order valence-corrected chi connectivity index (χ2v) is 14.5. The van der Waals surface area contributed by atoms with Gasteiger partial charge in [0.1, 0.15) is 0 Å². The van der Waals surface area contributed by atoms with Gasteiger partial charge in [0.2, 0.25) is 5.95 Å². The molecule has 4 heteroatoms. The van der Waals surface area contributed by atoms with E-state index in [1.807, 2.05) is 0 Å². The van der Waals surface area contributed by atoms with Crippen molar-refractivity contribution in [2.75, 3.05) is 0 Å². The highest BCUT2D eigenvalue weighted by molar-refractivity contribution is 6.12. The topological polar surface area (TPSA) is 35.6 Å². The summed E-state index contributed by atoms with van der Waals surface area (Å²) in [6.07, 6.45) is 16.2. The van der Waals surface area contributed by atoms with E-state index in [2.05, 4.69) is 185 Å². The van der Waals surface area contributed by atoms with E-state index in [9.17, 15) is 0 Å². The number of benzene rings is 6. The van der Waals surface area contributed by atoms with Crippen molar-refractivity contribution in [3.05, 3.63) is 187 Å². The Kier molecular flexibility index (Phi) is 7.09. The number of hydrogen-bond acceptors (Lipinski definition) is 2. The highest BCUT2D eigenvalue weighted by atomic mass is 15.2. The number of rotatable bonds is 5. The Morgan fingerprint density at radius 1 is 0.500 bits per heavy atom. The Labute approximate surface area is 313 Å². The van der Waals surface area contributed by atoms with Crippen molar-refractivity contribution in [2.45, 2.75) is 25.2 Å². The maximum Gasteiger partial charge on any atom is 0.235 e. The molecule has 9 aromatic rings. The molecule has 0 saturated carbocycles. The molecular formula is C50H36N4. The summed E-state index contributed by atoms with van der Waals surface area (Å²) in [7, 11) is 0. The number of hydrogen-bond donors (Lipinski definition) is 0. The predicted octanol–water partition coefficient (Wildman–Crippen LogP) is 12.6. The Bertz CT molecular complexity index is 3030. The molecule has 0 spiro atoms. The number of allylic oxidation sites excluding steroid dienone is 5. The van der Waals surface area contributed by atoms with E-state index in [4.69, 9.17) is 9.97 Å². The Morgan fingerprint density at radius 2 is 1.15 bits per heavy atom. The maximum absolute atomic E-state index is 5.38. The van der Waals surface area contributed by atoms with Crippen LogP contribution in [-0.4, -0.2) is 19.1 Å². The molecule has 2 aliphatic rings. The molecule has 3 aromatic heterocycles. The van der Waals surface area contributed by atoms with Gasteiger partial charge in [-0.3, -0.25) is 4.57 Å². The molecule has 0 amide bonds. The van der Waals surface area contributed by atoms with Crippen LogP contribution in [0.5, 0.6) is 0 Å². The van der Waals surface area contributed by atoms with Crippen molar-refractivity contribution in [3.63, 3.8) is 0 Å². The first-order valence-electron chi connectivity index (χ1n) is 18.9. The highest BCUT2D eigenvalue weighted by Gasteiger charge is 2.24. The normalized spacial score (nSPS) is 15.1. The number of para-hydroxylation sites is 2. The molecule has 0 saturated heterocycles. The minimum Gasteiger partial charge on any atom is -0.309 e. The zero-order valence-electron chi connectivity index (χ0n) is 29.7. The van der Waals surface area contributed by atoms with Gasteiger partial charge in [0.25, 0.3) is 0 Å². The lowest BCUT2D eigenvalue weighted by atomic mass is 9.89. The molecule has 0 radical (unpaired) electrons. The molecule has 0 fully saturated rings. The second-order valence-electron chi connectivity index (χ2n) is 14.5. The van der Waals surface area contributed by atoms with Gasteiger partial charge in [0, 0.05) is 38.7 Å². The van der Waals surface area contributed by atoms with Crippen molar-refractivity contribution in [1.29, 1.82) is 0 Å². The fourth-order valence-corrected chi connectivity index (χ4v) is 8.77. The number of nitrogens with zero attached hydrogens (tertiary/aromatic N) is 4. The van der Waals surface area contributed by atoms with Crippen LogP contribution in [0.3, 0.4) is 0 Å². The summed E-state index contributed by atoms with van der Waals surface area (Å²) in [4.78, 5) is 10.6. The first-order chi connectivity index (χ1) is 26.8. The van der Waals surface area contributed by atoms with Gasteiger partial charge in [0.05, 0.1) is 33.5 Å². The van der Waals surface area contributed by atoms with Gasteiger partial charge in [-0.25, -0.2) is 9.97 Å². The van der Waals surface area contributed by atoms with Gasteiger partial charge in [-0.2, -0.15) is 0 Å². The zero-order valence-corrected chi connectivity index (χ0v) is 29.7. The fraction of sp³-hybridized carbons (Fsp3) is 0.0800. The van der Waals surface area contributed by atoms with E-state index in [1.165, 1.54) is 60.4 Å². The van der Waals surface area contributed by atoms with Crippen LogP contribution in [0.1, 0.15) is 35.7 Å². The molecule has 54 heavy (non-hydrogen) atoms. The molecule has 0 bridgehead atoms. The summed E-state index contributed by atoms with van der Waals surface area (Å²) >= 11 is 0. The third kappa shape index (κ3) is 4.91. The van der Waals surface area contributed by atoms with Crippen LogP contribution < -0.4 is 0 Å². The quantitative estimate of drug-likeness (QED) is 0.180. The second kappa shape index (κ2) is 12.4. The molecule has 11 rings (SSSR count). The van der Waals surface area contributed by atoms with Crippen molar-refractivity contribution in [1.82, 2.24) is 19.1 Å². The third-order valence-electron chi connectivity index (χ3n) is 11.3. The largest absolute Gasteiger partial charge is 0.309 e. The van der Waals surface area contributed by atoms with Crippen LogP contribution in [0.2, 0.25) is 0 Å². The third-order valence-corrected chi connectivity index (χ3v) is 11.3. The van der Waals surface area contributed by atoms with E-state index < -0.39 is 0 Å². The fourth-order valence-electron chi connectivity index (χ4n) is 8.77. The van der Waals surface area contributed by atoms with Crippen molar-refractivity contribution >= 4 is 49.7 Å². The van der Waals surface area contributed by atoms with Crippen LogP contribution in [-0.2, 0) is 6.42 Å². The molecule has 6 aromatic carbocycles. The van der Waals surface area contributed by atoms with E-state index in [-0.39, 0.29) is 5.92 Å². The first-order valence-corrected chi connectivity index (χ1v) is 18.9. The SMILES string of the molecule is C1=CCC(c2nc(-n3c4ccccc4c4cc(-c5ccc6c(c5)c5ccccc5n6-c5cccc(-c6ccccc6)c5)ccc43)nc3c2CCC=C3)C=C1. The molecule has 2 aliphatic carbocycles. The Morgan fingerprint density at radius 3 is 1.89 bits per heavy atom. The summed E-state index contributed by atoms with van der Waals surface area (Å²) in [5, 5.41) is 4.88. The smallest absolute Gasteiger partial charge is 0.235 e. The van der Waals surface area contributed by atoms with Crippen molar-refractivity contribution in [3.8, 4) is 33.9 Å². The average molecular weight is 693 g/mol. The predicted molar refractivity (Wildman–Crippen MR) is 225 cm³/mol. The molecule has 3 heterocycles. The minimum absolute atomic E-state index is 0.255. The summed E-state index contributed by atoms with van der Waals surface area (Å²) in [5.74, 6) is 0.994. The van der Waals surface area contributed by atoms with E-state index >= 15 is 0 Å². The molecular weight excluding hydrogens is 657 g/mol. The Balaban J connectivity index is 1.06. The summed E-state index contributed by atoms with van der Waals surface area (Å²) in [6, 6.07) is 50.7. The Hall–Kier alpha value is -6.78. The monoisotopic (exact) mass is 692 g/mol. The molecule has 1 atom stereocenters. The molecule has 1 unspecified atom stereocenters. The van der Waals surface area contributed by atoms with Gasteiger partial charge in [0.15, 0.2) is 0 Å². The molecule has 0 N–H and O–H groups in total. The van der Waals surface area contributed by atoms with Crippen LogP contribution in [0, 0.1) is 0 Å². The summed E-state index contributed by atoms with van der Waals surface area (Å²) in [5.41, 5.74) is 14.1. The first kappa shape index (κ1) is 30.8. The lowest BCUT2D eigenvalue weighted by Crippen LogP contribution is -2.14. The van der Waals surface area contributed by atoms with Crippen LogP contribution in [0.15, 0.2) is 170 Å². The number of aromatic nitrogens is 4. The molecule has 256 valence electrons. The minimum atomic E-state index is 0.255. The standard InChI is InChI=1S/C50H36N4/c1-3-14-33(15-4-1)35-18-13-19-38(30-35)53-45-24-11-8-20-39(45)42-31-36(26-28-47(42)53)37-27-29-48-43(32-37)40-21-9-12-25-46(40)54(48)50-51-44-23-10-7-22-41(44)49(52-50)34-16-5-2-6-17-34/h1-6,8-16,18-21,23-32,34H,7,17,22H2. The van der Waals surface area contributed by atoms with E-state index in [1.54, 1.807) is 0 Å². The lowest BCUT2D eigenvalue weighted by Gasteiger charge is -2.21. The van der Waals surface area contributed by atoms with E-state index in [0.29, 0.717) is 0 Å². The maximum atomic E-state index is 5.38. The van der Waals surface area contributed by atoms with Gasteiger partial charge >= 0.3 is 0 Å². The van der Waals surface area contributed by atoms with Gasteiger partial charge < -0.3 is 4.57 Å². The van der Waals surface area contributed by atoms with E-state index in [0.717, 1.165) is 53.3 Å². The lowest BCUT2D eigenvalue weighted by molar-refractivity contribution is 0.760. The molecule has 4 nitrogen and oxygen atoms in total. The van der Waals surface area contributed by atoms with Gasteiger partial charge in [-0.15, -0.1) is 0 Å². The molecule has 0 aliphatic heterocycles. The highest BCUT2D eigenvalue weighted by Crippen LogP contribution is 2.39. The average Bonchev–Trinajstić information content (AvgIpc) is 3.76. The summed E-state index contributed by atoms with van der Waals surface area (Å²) < 4.78 is 4.67. The van der Waals surface area contributed by atoms with Crippen LogP contribution in [0.4, 0.5) is 0 Å². The zero-order chi connectivity index (χ0) is 35.6. The van der Waals surface area contributed by atoms with Crippen molar-refractivity contribution < 1.29 is 0 Å². The number of fused-ring (bicyclic) bond motifs is 7. The summed E-state index contributed by atoms with van der Waals surface area (Å²) in [6.45, 7) is 0. The van der Waals surface area contributed by atoms with Crippen LogP contribution in [0.25, 0.3) is 83.6 Å². The van der Waals surface area contributed by atoms with Gasteiger partial charge in [-0.05, 0) is 96.1 Å². The van der Waals surface area contributed by atoms with Crippen LogP contribution >= 0.6 is 0 Å². The van der Waals surface area contributed by atoms with Gasteiger partial charge in [-0.1, -0.05) is 121 Å².